The van der Waals surface area contributed by atoms with Crippen LogP contribution in [0, 0.1) is 0 Å². The first-order valence-electron chi connectivity index (χ1n) is 1.48. The van der Waals surface area contributed by atoms with E-state index in [9.17, 15) is 4.79 Å². The third-order valence-corrected chi connectivity index (χ3v) is 0.260. The van der Waals surface area contributed by atoms with Gasteiger partial charge in [0.05, 0.1) is 0 Å². The number of hydrogen-bond donors (Lipinski definition) is 0. The second-order valence-corrected chi connectivity index (χ2v) is 0.649. The van der Waals surface area contributed by atoms with Crippen LogP contribution >= 0.6 is 0 Å². The van der Waals surface area contributed by atoms with E-state index in [1.54, 1.807) is 0 Å². The lowest BCUT2D eigenvalue weighted by atomic mass is 10.6. The fourth-order valence-corrected chi connectivity index (χ4v) is 0.0929. The van der Waals surface area contributed by atoms with Gasteiger partial charge in [-0.1, -0.05) is 12.7 Å². The second kappa shape index (κ2) is 3.97. The Morgan fingerprint density at radius 3 is 2.50 bits per heavy atom. The zero-order valence-electron chi connectivity index (χ0n) is 3.27. The van der Waals surface area contributed by atoms with Gasteiger partial charge >= 0.3 is 0 Å². The molecule has 0 aliphatic carbocycles. The summed E-state index contributed by atoms with van der Waals surface area (Å²) in [6.45, 7) is 3.30. The fourth-order valence-electron chi connectivity index (χ4n) is 0.0929. The summed E-state index contributed by atoms with van der Waals surface area (Å²) in [7, 11) is 0. The van der Waals surface area contributed by atoms with Crippen LogP contribution in [0.1, 0.15) is 0 Å². The van der Waals surface area contributed by atoms with E-state index in [4.69, 9.17) is 0 Å². The lowest BCUT2D eigenvalue weighted by molar-refractivity contribution is 0.569. The van der Waals surface area contributed by atoms with Gasteiger partial charge in [-0.05, 0) is 11.8 Å². The summed E-state index contributed by atoms with van der Waals surface area (Å²) in [5.74, 6) is 1.44. The SMILES string of the molecule is C=CC=C=C=O. The van der Waals surface area contributed by atoms with E-state index in [1.807, 2.05) is 0 Å². The Morgan fingerprint density at radius 1 is 1.67 bits per heavy atom. The van der Waals surface area contributed by atoms with Crippen LogP contribution in [-0.4, -0.2) is 5.94 Å². The summed E-state index contributed by atoms with van der Waals surface area (Å²) in [5.41, 5.74) is 2.15. The molecule has 0 aromatic carbocycles. The lowest BCUT2D eigenvalue weighted by Crippen LogP contribution is -1.35. The average molecular weight is 80.1 g/mol. The quantitative estimate of drug-likeness (QED) is 0.257. The van der Waals surface area contributed by atoms with Gasteiger partial charge in [-0.3, -0.25) is 0 Å². The predicted octanol–water partition coefficient (Wildman–Crippen LogP) is 0.715. The van der Waals surface area contributed by atoms with Crippen molar-refractivity contribution in [3.8, 4) is 0 Å². The molecule has 0 saturated carbocycles. The minimum absolute atomic E-state index is 1.40. The monoisotopic (exact) mass is 80.0 g/mol. The Morgan fingerprint density at radius 2 is 2.33 bits per heavy atom. The molecule has 0 aromatic heterocycles. The molecule has 0 heterocycles. The smallest absolute Gasteiger partial charge is 0.177 e. The molecule has 0 radical (unpaired) electrons. The van der Waals surface area contributed by atoms with Crippen molar-refractivity contribution in [3.05, 3.63) is 24.5 Å². The summed E-state index contributed by atoms with van der Waals surface area (Å²) in [6.07, 6.45) is 2.86. The van der Waals surface area contributed by atoms with Gasteiger partial charge in [0.1, 0.15) is 0 Å². The summed E-state index contributed by atoms with van der Waals surface area (Å²) in [4.78, 5) is 9.25. The molecule has 1 nitrogen and oxygen atoms in total. The van der Waals surface area contributed by atoms with E-state index in [2.05, 4.69) is 12.3 Å². The maximum atomic E-state index is 9.25. The molecule has 6 heavy (non-hydrogen) atoms. The van der Waals surface area contributed by atoms with Gasteiger partial charge in [0, 0.05) is 0 Å². The lowest BCUT2D eigenvalue weighted by Gasteiger charge is -1.46. The van der Waals surface area contributed by atoms with Crippen LogP contribution in [0.4, 0.5) is 0 Å². The molecule has 1 heteroatoms. The molecule has 0 aliphatic heterocycles. The number of hydrogen-bond acceptors (Lipinski definition) is 1. The summed E-state index contributed by atoms with van der Waals surface area (Å²) in [6, 6.07) is 0. The van der Waals surface area contributed by atoms with Crippen LogP contribution in [0.5, 0.6) is 0 Å². The molecule has 0 spiro atoms. The molecule has 0 N–H and O–H groups in total. The van der Waals surface area contributed by atoms with E-state index in [0.717, 1.165) is 0 Å². The zero-order chi connectivity index (χ0) is 4.83. The highest BCUT2D eigenvalue weighted by Crippen LogP contribution is 1.57. The molecule has 0 aromatic rings. The standard InChI is InChI=1S/C5H4O/c1-2-3-4-5-6/h2-3H,1H2. The predicted molar refractivity (Wildman–Crippen MR) is 24.0 cm³/mol. The van der Waals surface area contributed by atoms with E-state index >= 15 is 0 Å². The van der Waals surface area contributed by atoms with E-state index < -0.39 is 0 Å². The molecular formula is C5H4O. The maximum Gasteiger partial charge on any atom is 0.177 e. The molecule has 30 valence electrons. The van der Waals surface area contributed by atoms with E-state index in [1.165, 1.54) is 18.1 Å². The fraction of sp³-hybridized carbons (Fsp3) is 0. The van der Waals surface area contributed by atoms with Crippen molar-refractivity contribution in [1.29, 1.82) is 0 Å². The van der Waals surface area contributed by atoms with Crippen molar-refractivity contribution < 1.29 is 4.79 Å². The molecule has 0 aliphatic rings. The van der Waals surface area contributed by atoms with Crippen molar-refractivity contribution >= 4 is 5.94 Å². The Kier molecular flexibility index (Phi) is 3.29. The highest BCUT2D eigenvalue weighted by molar-refractivity contribution is 5.44. The second-order valence-electron chi connectivity index (χ2n) is 0.649. The molecule has 0 fully saturated rings. The van der Waals surface area contributed by atoms with Gasteiger partial charge in [0.15, 0.2) is 5.94 Å². The van der Waals surface area contributed by atoms with E-state index in [-0.39, 0.29) is 0 Å². The summed E-state index contributed by atoms with van der Waals surface area (Å²) < 4.78 is 0. The van der Waals surface area contributed by atoms with E-state index in [0.29, 0.717) is 0 Å². The van der Waals surface area contributed by atoms with Crippen LogP contribution in [0.25, 0.3) is 0 Å². The molecule has 0 saturated heterocycles. The van der Waals surface area contributed by atoms with Crippen molar-refractivity contribution in [3.63, 3.8) is 0 Å². The third kappa shape index (κ3) is 2.97. The first-order chi connectivity index (χ1) is 2.91. The first-order valence-corrected chi connectivity index (χ1v) is 1.48. The molecule has 0 atom stereocenters. The number of carbonyl (C=O) groups excluding carboxylic acids is 1. The Labute approximate surface area is 36.3 Å². The zero-order valence-corrected chi connectivity index (χ0v) is 3.27. The first kappa shape index (κ1) is 4.97. The van der Waals surface area contributed by atoms with Crippen molar-refractivity contribution in [2.45, 2.75) is 0 Å². The van der Waals surface area contributed by atoms with Crippen LogP contribution in [0.15, 0.2) is 24.5 Å². The van der Waals surface area contributed by atoms with Gasteiger partial charge in [0.2, 0.25) is 0 Å². The molecule has 0 amide bonds. The van der Waals surface area contributed by atoms with Gasteiger partial charge in [0.25, 0.3) is 0 Å². The van der Waals surface area contributed by atoms with Gasteiger partial charge in [-0.2, -0.15) is 0 Å². The Balaban J connectivity index is 3.79. The minimum atomic E-state index is 1.40. The highest BCUT2D eigenvalue weighted by Gasteiger charge is 1.42. The van der Waals surface area contributed by atoms with Crippen LogP contribution < -0.4 is 0 Å². The van der Waals surface area contributed by atoms with Crippen molar-refractivity contribution in [2.75, 3.05) is 0 Å². The van der Waals surface area contributed by atoms with Crippen molar-refractivity contribution in [1.82, 2.24) is 0 Å². The van der Waals surface area contributed by atoms with Crippen LogP contribution in [-0.2, 0) is 4.79 Å². The molecular weight excluding hydrogens is 76.1 g/mol. The molecule has 0 bridgehead atoms. The normalized spacial score (nSPS) is 4.67. The van der Waals surface area contributed by atoms with Crippen LogP contribution in [0.3, 0.4) is 0 Å². The molecule has 0 unspecified atom stereocenters. The maximum absolute atomic E-state index is 9.25. The Hall–Kier alpha value is -1.03. The topological polar surface area (TPSA) is 17.1 Å². The number of rotatable bonds is 1. The summed E-state index contributed by atoms with van der Waals surface area (Å²) >= 11 is 0. The minimum Gasteiger partial charge on any atom is -0.224 e. The van der Waals surface area contributed by atoms with Gasteiger partial charge < -0.3 is 0 Å². The largest absolute Gasteiger partial charge is 0.224 e. The van der Waals surface area contributed by atoms with Gasteiger partial charge in [-0.25, -0.2) is 4.79 Å². The highest BCUT2D eigenvalue weighted by atomic mass is 16.1. The molecule has 0 rings (SSSR count). The van der Waals surface area contributed by atoms with Crippen molar-refractivity contribution in [2.24, 2.45) is 0 Å². The summed E-state index contributed by atoms with van der Waals surface area (Å²) in [5, 5.41) is 0. The third-order valence-electron chi connectivity index (χ3n) is 0.260. The average Bonchev–Trinajstić information content (AvgIpc) is 1.61. The van der Waals surface area contributed by atoms with Crippen LogP contribution in [0.2, 0.25) is 0 Å². The number of allylic oxidation sites excluding steroid dienone is 2. The Bertz CT molecular complexity index is 112. The van der Waals surface area contributed by atoms with Gasteiger partial charge in [-0.15, -0.1) is 0 Å².